The first-order chi connectivity index (χ1) is 15.2. The van der Waals surface area contributed by atoms with Gasteiger partial charge in [0.05, 0.1) is 19.0 Å². The number of likely N-dealkylation sites (tertiary alicyclic amines) is 1. The van der Waals surface area contributed by atoms with Crippen LogP contribution in [-0.4, -0.2) is 64.9 Å². The van der Waals surface area contributed by atoms with Crippen molar-refractivity contribution in [3.8, 4) is 0 Å². The van der Waals surface area contributed by atoms with E-state index in [0.717, 1.165) is 9.21 Å². The van der Waals surface area contributed by atoms with E-state index in [-0.39, 0.29) is 24.4 Å². The van der Waals surface area contributed by atoms with Gasteiger partial charge in [-0.05, 0) is 42.7 Å². The molecule has 1 radical (unpaired) electrons. The number of aromatic nitrogens is 1. The average Bonchev–Trinajstić information content (AvgIpc) is 3.31. The molecule has 2 atom stereocenters. The third kappa shape index (κ3) is 3.37. The molecule has 2 aliphatic heterocycles. The maximum absolute atomic E-state index is 13.1. The lowest BCUT2D eigenvalue weighted by atomic mass is 9.89. The molecule has 4 rings (SSSR count). The highest BCUT2D eigenvalue weighted by Gasteiger charge is 2.68. The first-order valence-electron chi connectivity index (χ1n) is 9.84. The third-order valence-corrected chi connectivity index (χ3v) is 7.66. The Morgan fingerprint density at radius 3 is 2.56 bits per heavy atom. The van der Waals surface area contributed by atoms with E-state index in [1.54, 1.807) is 6.07 Å². The largest absolute Gasteiger partial charge is 0.367 e. The summed E-state index contributed by atoms with van der Waals surface area (Å²) in [6, 6.07) is 8.75. The Morgan fingerprint density at radius 2 is 1.94 bits per heavy atom. The lowest BCUT2D eigenvalue weighted by Gasteiger charge is -2.34. The predicted octanol–water partition coefficient (Wildman–Crippen LogP) is 0.0661. The molecule has 0 aliphatic carbocycles. The summed E-state index contributed by atoms with van der Waals surface area (Å²) in [7, 11) is -4.20. The molecule has 2 unspecified atom stereocenters. The highest BCUT2D eigenvalue weighted by atomic mass is 32.2. The van der Waals surface area contributed by atoms with Crippen LogP contribution < -0.4 is 5.73 Å². The van der Waals surface area contributed by atoms with Crippen molar-refractivity contribution in [1.82, 2.24) is 14.2 Å². The number of Topliss-reactive ketones (excluding diaryl/α,β-unsaturated/α-hetero) is 1. The molecule has 32 heavy (non-hydrogen) atoms. The van der Waals surface area contributed by atoms with Crippen LogP contribution in [0.15, 0.2) is 53.7 Å². The lowest BCUT2D eigenvalue weighted by Crippen LogP contribution is -2.64. The van der Waals surface area contributed by atoms with E-state index < -0.39 is 51.6 Å². The number of nitrogens with zero attached hydrogens (tertiary/aromatic N) is 3. The number of pyridine rings is 1. The minimum atomic E-state index is -4.20. The summed E-state index contributed by atoms with van der Waals surface area (Å²) >= 11 is 0. The van der Waals surface area contributed by atoms with Gasteiger partial charge in [0.2, 0.25) is 5.91 Å². The van der Waals surface area contributed by atoms with E-state index in [1.165, 1.54) is 49.0 Å². The molecule has 2 fully saturated rings. The zero-order valence-electron chi connectivity index (χ0n) is 16.8. The van der Waals surface area contributed by atoms with Gasteiger partial charge in [-0.3, -0.25) is 14.4 Å². The van der Waals surface area contributed by atoms with E-state index >= 15 is 0 Å². The summed E-state index contributed by atoms with van der Waals surface area (Å²) in [5.74, 6) is -2.87. The number of rotatable bonds is 6. The number of hydrogen-bond acceptors (Lipinski definition) is 6. The van der Waals surface area contributed by atoms with Crippen molar-refractivity contribution in [2.24, 2.45) is 5.73 Å². The Labute approximate surface area is 184 Å². The van der Waals surface area contributed by atoms with Gasteiger partial charge < -0.3 is 10.6 Å². The lowest BCUT2D eigenvalue weighted by molar-refractivity contribution is -0.147. The molecule has 11 heteroatoms. The molecule has 2 saturated heterocycles. The van der Waals surface area contributed by atoms with Crippen molar-refractivity contribution in [2.75, 3.05) is 13.1 Å². The van der Waals surface area contributed by atoms with E-state index in [1.807, 2.05) is 0 Å². The second kappa shape index (κ2) is 8.06. The summed E-state index contributed by atoms with van der Waals surface area (Å²) in [6.45, 7) is -0.611. The van der Waals surface area contributed by atoms with E-state index in [4.69, 9.17) is 5.73 Å². The first kappa shape index (κ1) is 22.0. The topological polar surface area (TPSA) is 131 Å². The van der Waals surface area contributed by atoms with E-state index in [2.05, 4.69) is 4.98 Å². The smallest absolute Gasteiger partial charge is 0.261 e. The van der Waals surface area contributed by atoms with E-state index in [9.17, 15) is 27.2 Å². The summed E-state index contributed by atoms with van der Waals surface area (Å²) in [5.41, 5.74) is 4.18. The molecule has 3 heterocycles. The second-order valence-corrected chi connectivity index (χ2v) is 9.44. The zero-order valence-corrected chi connectivity index (χ0v) is 17.7. The van der Waals surface area contributed by atoms with Crippen LogP contribution in [0.25, 0.3) is 0 Å². The van der Waals surface area contributed by atoms with Crippen molar-refractivity contribution < 1.29 is 27.2 Å². The quantitative estimate of drug-likeness (QED) is 0.608. The van der Waals surface area contributed by atoms with Crippen LogP contribution in [0.1, 0.15) is 12.0 Å². The minimum Gasteiger partial charge on any atom is -0.367 e. The Morgan fingerprint density at radius 1 is 1.22 bits per heavy atom. The van der Waals surface area contributed by atoms with Gasteiger partial charge in [-0.1, -0.05) is 18.2 Å². The number of sulfonamides is 1. The molecular formula is C21H20FN4O5S. The van der Waals surface area contributed by atoms with Gasteiger partial charge in [-0.2, -0.15) is 4.31 Å². The standard InChI is InChI=1S/C21H20FN4O5S/c22-15-7-4-14(5-8-15)6-9-19(28)25-12-10-16-21(25,20(23)29)17(27)13-26(16)32(30,31)18-3-1-2-11-24-18/h1-5,7-9,11,16H,6,10,12-13H2,(H2,23,29). The van der Waals surface area contributed by atoms with Crippen molar-refractivity contribution in [2.45, 2.75) is 29.4 Å². The van der Waals surface area contributed by atoms with Crippen molar-refractivity contribution in [3.63, 3.8) is 0 Å². The fourth-order valence-electron chi connectivity index (χ4n) is 4.40. The maximum Gasteiger partial charge on any atom is 0.261 e. The second-order valence-electron chi connectivity index (χ2n) is 7.60. The number of nitrogens with two attached hydrogens (primary N) is 1. The van der Waals surface area contributed by atoms with Gasteiger partial charge in [0.25, 0.3) is 15.9 Å². The SMILES string of the molecule is NC(=O)C12C(=O)CN(S(=O)(=O)c3ccccn3)C1CCN2C(=O)[CH]Cc1ccc(F)cc1. The highest BCUT2D eigenvalue weighted by Crippen LogP contribution is 2.42. The molecule has 167 valence electrons. The average molecular weight is 459 g/mol. The number of fused-ring (bicyclic) bond motifs is 1. The molecule has 2 aromatic rings. The fraction of sp³-hybridized carbons (Fsp3) is 0.286. The van der Waals surface area contributed by atoms with Gasteiger partial charge in [0.1, 0.15) is 5.82 Å². The number of primary amides is 1. The minimum absolute atomic E-state index is 0.0215. The number of carbonyl (C=O) groups excluding carboxylic acids is 3. The number of benzene rings is 1. The number of hydrogen-bond donors (Lipinski definition) is 1. The molecule has 1 aromatic carbocycles. The number of amides is 2. The van der Waals surface area contributed by atoms with E-state index in [0.29, 0.717) is 5.56 Å². The molecule has 0 spiro atoms. The van der Waals surface area contributed by atoms with Crippen LogP contribution in [0.4, 0.5) is 4.39 Å². The predicted molar refractivity (Wildman–Crippen MR) is 110 cm³/mol. The highest BCUT2D eigenvalue weighted by molar-refractivity contribution is 7.89. The van der Waals surface area contributed by atoms with Crippen LogP contribution >= 0.6 is 0 Å². The molecular weight excluding hydrogens is 439 g/mol. The monoisotopic (exact) mass is 459 g/mol. The molecule has 0 saturated carbocycles. The van der Waals surface area contributed by atoms with Crippen molar-refractivity contribution in [3.05, 3.63) is 66.5 Å². The Kier molecular flexibility index (Phi) is 5.55. The molecule has 1 aromatic heterocycles. The van der Waals surface area contributed by atoms with Gasteiger partial charge in [0, 0.05) is 12.7 Å². The Hall–Kier alpha value is -3.18. The Balaban J connectivity index is 1.62. The fourth-order valence-corrected chi connectivity index (χ4v) is 5.97. The maximum atomic E-state index is 13.1. The summed E-state index contributed by atoms with van der Waals surface area (Å²) < 4.78 is 40.2. The number of ketones is 1. The van der Waals surface area contributed by atoms with Gasteiger partial charge >= 0.3 is 0 Å². The summed E-state index contributed by atoms with van der Waals surface area (Å²) in [5, 5.41) is -0.263. The van der Waals surface area contributed by atoms with Crippen LogP contribution in [0, 0.1) is 12.2 Å². The first-order valence-corrected chi connectivity index (χ1v) is 11.3. The molecule has 2 N–H and O–H groups in total. The summed E-state index contributed by atoms with van der Waals surface area (Å²) in [4.78, 5) is 43.5. The van der Waals surface area contributed by atoms with Gasteiger partial charge in [-0.25, -0.2) is 17.8 Å². The molecule has 0 bridgehead atoms. The van der Waals surface area contributed by atoms with Gasteiger partial charge in [-0.15, -0.1) is 0 Å². The zero-order chi connectivity index (χ0) is 23.1. The normalized spacial score (nSPS) is 23.3. The molecule has 9 nitrogen and oxygen atoms in total. The third-order valence-electron chi connectivity index (χ3n) is 5.88. The van der Waals surface area contributed by atoms with Gasteiger partial charge in [0.15, 0.2) is 16.3 Å². The summed E-state index contributed by atoms with van der Waals surface area (Å²) in [6.07, 6.45) is 2.78. The van der Waals surface area contributed by atoms with Crippen molar-refractivity contribution in [1.29, 1.82) is 0 Å². The van der Waals surface area contributed by atoms with Crippen LogP contribution in [0.3, 0.4) is 0 Å². The number of halogens is 1. The van der Waals surface area contributed by atoms with Crippen molar-refractivity contribution >= 4 is 27.6 Å². The number of carbonyl (C=O) groups is 3. The molecule has 2 aliphatic rings. The van der Waals surface area contributed by atoms with Crippen LogP contribution in [0.5, 0.6) is 0 Å². The Bertz CT molecular complexity index is 1170. The molecule has 2 amide bonds. The van der Waals surface area contributed by atoms with Crippen LogP contribution in [-0.2, 0) is 30.8 Å². The van der Waals surface area contributed by atoms with Crippen LogP contribution in [0.2, 0.25) is 0 Å².